The van der Waals surface area contributed by atoms with Crippen molar-refractivity contribution in [3.63, 3.8) is 0 Å². The number of amides is 1. The molecule has 1 N–H and O–H groups in total. The first kappa shape index (κ1) is 21.5. The standard InChI is InChI=1S/C22H27ClN4OS/c1-5-6-7-8-19-15(3)26-27(16(19)4)22-24-18(13-29-22)12-21(28)25-20-11-17(23)10-9-14(20)2/h9-11,13H,5-8,12H2,1-4H3,(H,25,28). The van der Waals surface area contributed by atoms with E-state index in [0.717, 1.165) is 39.9 Å². The molecule has 2 aromatic heterocycles. The number of halogens is 1. The monoisotopic (exact) mass is 430 g/mol. The predicted molar refractivity (Wildman–Crippen MR) is 120 cm³/mol. The lowest BCUT2D eigenvalue weighted by atomic mass is 10.1. The van der Waals surface area contributed by atoms with Gasteiger partial charge in [0, 0.05) is 21.8 Å². The topological polar surface area (TPSA) is 59.8 Å². The highest BCUT2D eigenvalue weighted by molar-refractivity contribution is 7.12. The van der Waals surface area contributed by atoms with Gasteiger partial charge in [0.1, 0.15) is 0 Å². The molecule has 1 amide bonds. The van der Waals surface area contributed by atoms with Crippen LogP contribution in [0.3, 0.4) is 0 Å². The third kappa shape index (κ3) is 5.25. The van der Waals surface area contributed by atoms with Crippen LogP contribution < -0.4 is 5.32 Å². The zero-order chi connectivity index (χ0) is 21.0. The van der Waals surface area contributed by atoms with Crippen molar-refractivity contribution < 1.29 is 4.79 Å². The van der Waals surface area contributed by atoms with Crippen LogP contribution in [0.2, 0.25) is 5.02 Å². The highest BCUT2D eigenvalue weighted by Crippen LogP contribution is 2.24. The second kappa shape index (κ2) is 9.55. The Bertz CT molecular complexity index is 1010. The molecular weight excluding hydrogens is 404 g/mol. The number of carbonyl (C=O) groups is 1. The molecule has 29 heavy (non-hydrogen) atoms. The summed E-state index contributed by atoms with van der Waals surface area (Å²) in [5.74, 6) is -0.110. The maximum absolute atomic E-state index is 12.5. The van der Waals surface area contributed by atoms with Crippen LogP contribution in [0.25, 0.3) is 5.13 Å². The van der Waals surface area contributed by atoms with Crippen molar-refractivity contribution in [3.8, 4) is 5.13 Å². The van der Waals surface area contributed by atoms with Gasteiger partial charge in [0.15, 0.2) is 0 Å². The van der Waals surface area contributed by atoms with Crippen LogP contribution in [-0.4, -0.2) is 20.7 Å². The van der Waals surface area contributed by atoms with Crippen LogP contribution in [0.1, 0.15) is 54.4 Å². The smallest absolute Gasteiger partial charge is 0.230 e. The lowest BCUT2D eigenvalue weighted by molar-refractivity contribution is -0.115. The van der Waals surface area contributed by atoms with Crippen LogP contribution in [0.5, 0.6) is 0 Å². The zero-order valence-corrected chi connectivity index (χ0v) is 19.0. The summed E-state index contributed by atoms with van der Waals surface area (Å²) in [6.07, 6.45) is 4.87. The van der Waals surface area contributed by atoms with E-state index in [-0.39, 0.29) is 12.3 Å². The van der Waals surface area contributed by atoms with E-state index in [1.165, 1.54) is 36.2 Å². The van der Waals surface area contributed by atoms with Gasteiger partial charge in [-0.25, -0.2) is 9.67 Å². The van der Waals surface area contributed by atoms with E-state index in [4.69, 9.17) is 16.7 Å². The molecular formula is C22H27ClN4OS. The molecule has 0 bridgehead atoms. The molecule has 3 rings (SSSR count). The molecule has 7 heteroatoms. The van der Waals surface area contributed by atoms with Crippen LogP contribution in [0, 0.1) is 20.8 Å². The molecule has 0 spiro atoms. The summed E-state index contributed by atoms with van der Waals surface area (Å²) >= 11 is 7.54. The number of rotatable bonds is 8. The summed E-state index contributed by atoms with van der Waals surface area (Å²) in [6.45, 7) is 8.30. The fourth-order valence-corrected chi connectivity index (χ4v) is 4.33. The highest BCUT2D eigenvalue weighted by Gasteiger charge is 2.16. The Morgan fingerprint density at radius 2 is 2.03 bits per heavy atom. The van der Waals surface area contributed by atoms with Crippen molar-refractivity contribution >= 4 is 34.5 Å². The van der Waals surface area contributed by atoms with Gasteiger partial charge in [-0.1, -0.05) is 37.4 Å². The first-order chi connectivity index (χ1) is 13.9. The minimum absolute atomic E-state index is 0.110. The van der Waals surface area contributed by atoms with E-state index >= 15 is 0 Å². The number of nitrogens with one attached hydrogen (secondary N) is 1. The fourth-order valence-electron chi connectivity index (χ4n) is 3.34. The van der Waals surface area contributed by atoms with Gasteiger partial charge in [0.05, 0.1) is 17.8 Å². The summed E-state index contributed by atoms with van der Waals surface area (Å²) in [5, 5.41) is 10.9. The van der Waals surface area contributed by atoms with Crippen molar-refractivity contribution in [3.05, 3.63) is 56.8 Å². The average Bonchev–Trinajstić information content (AvgIpc) is 3.24. The lowest BCUT2D eigenvalue weighted by Gasteiger charge is -2.08. The predicted octanol–water partition coefficient (Wildman–Crippen LogP) is 5.82. The molecule has 0 saturated carbocycles. The Kier molecular flexibility index (Phi) is 7.09. The molecule has 3 aromatic rings. The fraction of sp³-hybridized carbons (Fsp3) is 0.409. The zero-order valence-electron chi connectivity index (χ0n) is 17.4. The summed E-state index contributed by atoms with van der Waals surface area (Å²) in [6, 6.07) is 5.46. The number of anilines is 1. The number of nitrogens with zero attached hydrogens (tertiary/aromatic N) is 3. The summed E-state index contributed by atoms with van der Waals surface area (Å²) in [4.78, 5) is 17.1. The van der Waals surface area contributed by atoms with Crippen LogP contribution in [-0.2, 0) is 17.6 Å². The van der Waals surface area contributed by atoms with Crippen molar-refractivity contribution in [2.45, 2.75) is 59.8 Å². The molecule has 1 aromatic carbocycles. The molecule has 0 atom stereocenters. The molecule has 5 nitrogen and oxygen atoms in total. The molecule has 0 saturated heterocycles. The van der Waals surface area contributed by atoms with Gasteiger partial charge in [-0.2, -0.15) is 5.10 Å². The van der Waals surface area contributed by atoms with E-state index in [1.54, 1.807) is 6.07 Å². The Labute approximate surface area is 181 Å². The molecule has 0 unspecified atom stereocenters. The highest BCUT2D eigenvalue weighted by atomic mass is 35.5. The number of carbonyl (C=O) groups excluding carboxylic acids is 1. The number of hydrogen-bond acceptors (Lipinski definition) is 4. The summed E-state index contributed by atoms with van der Waals surface area (Å²) in [5.41, 5.74) is 5.95. The Morgan fingerprint density at radius 1 is 1.24 bits per heavy atom. The van der Waals surface area contributed by atoms with Gasteiger partial charge in [0.25, 0.3) is 0 Å². The van der Waals surface area contributed by atoms with Gasteiger partial charge < -0.3 is 5.32 Å². The summed E-state index contributed by atoms with van der Waals surface area (Å²) < 4.78 is 1.91. The van der Waals surface area contributed by atoms with E-state index in [2.05, 4.69) is 31.1 Å². The molecule has 0 aliphatic carbocycles. The normalized spacial score (nSPS) is 11.1. The number of aryl methyl sites for hydroxylation is 2. The van der Waals surface area contributed by atoms with E-state index < -0.39 is 0 Å². The lowest BCUT2D eigenvalue weighted by Crippen LogP contribution is -2.15. The minimum atomic E-state index is -0.110. The maximum atomic E-state index is 12.5. The Balaban J connectivity index is 1.70. The second-order valence-corrected chi connectivity index (χ2v) is 8.60. The quantitative estimate of drug-likeness (QED) is 0.458. The average molecular weight is 431 g/mol. The van der Waals surface area contributed by atoms with Crippen LogP contribution >= 0.6 is 22.9 Å². The van der Waals surface area contributed by atoms with Crippen molar-refractivity contribution in [1.29, 1.82) is 0 Å². The Hall–Kier alpha value is -2.18. The van der Waals surface area contributed by atoms with Gasteiger partial charge in [-0.05, 0) is 56.9 Å². The number of aromatic nitrogens is 3. The van der Waals surface area contributed by atoms with Gasteiger partial charge in [-0.15, -0.1) is 11.3 Å². The number of benzene rings is 1. The third-order valence-electron chi connectivity index (χ3n) is 5.01. The largest absolute Gasteiger partial charge is 0.325 e. The van der Waals surface area contributed by atoms with Crippen LogP contribution in [0.4, 0.5) is 5.69 Å². The van der Waals surface area contributed by atoms with Crippen molar-refractivity contribution in [2.75, 3.05) is 5.32 Å². The first-order valence-electron chi connectivity index (χ1n) is 9.95. The maximum Gasteiger partial charge on any atom is 0.230 e. The minimum Gasteiger partial charge on any atom is -0.325 e. The molecule has 0 aliphatic heterocycles. The molecule has 154 valence electrons. The van der Waals surface area contributed by atoms with E-state index in [9.17, 15) is 4.79 Å². The van der Waals surface area contributed by atoms with E-state index in [1.807, 2.05) is 29.1 Å². The number of unbranched alkanes of at least 4 members (excludes halogenated alkanes) is 2. The van der Waals surface area contributed by atoms with Crippen molar-refractivity contribution in [1.82, 2.24) is 14.8 Å². The van der Waals surface area contributed by atoms with Crippen molar-refractivity contribution in [2.24, 2.45) is 0 Å². The number of thiazole rings is 1. The molecule has 0 fully saturated rings. The first-order valence-corrected chi connectivity index (χ1v) is 11.2. The van der Waals surface area contributed by atoms with Gasteiger partial charge in [-0.3, -0.25) is 4.79 Å². The summed E-state index contributed by atoms with van der Waals surface area (Å²) in [7, 11) is 0. The Morgan fingerprint density at radius 3 is 2.79 bits per heavy atom. The molecule has 2 heterocycles. The molecule has 0 aliphatic rings. The SMILES string of the molecule is CCCCCc1c(C)nn(-c2nc(CC(=O)Nc3cc(Cl)ccc3C)cs2)c1C. The molecule has 0 radical (unpaired) electrons. The van der Waals surface area contributed by atoms with Gasteiger partial charge >= 0.3 is 0 Å². The third-order valence-corrected chi connectivity index (χ3v) is 6.11. The van der Waals surface area contributed by atoms with E-state index in [0.29, 0.717) is 5.02 Å². The number of hydrogen-bond donors (Lipinski definition) is 1. The second-order valence-electron chi connectivity index (χ2n) is 7.32. The van der Waals surface area contributed by atoms with Crippen LogP contribution in [0.15, 0.2) is 23.6 Å². The van der Waals surface area contributed by atoms with Gasteiger partial charge in [0.2, 0.25) is 11.0 Å².